The molecule has 0 bridgehead atoms. The van der Waals surface area contributed by atoms with Gasteiger partial charge in [-0.2, -0.15) is 5.26 Å². The Morgan fingerprint density at radius 2 is 2.28 bits per heavy atom. The van der Waals surface area contributed by atoms with E-state index in [9.17, 15) is 10.1 Å². The minimum absolute atomic E-state index is 0.127. The van der Waals surface area contributed by atoms with E-state index in [0.29, 0.717) is 22.3 Å². The molecule has 3 heterocycles. The molecule has 154 valence electrons. The Labute approximate surface area is 178 Å². The smallest absolute Gasteiger partial charge is 0.238 e. The zero-order valence-electron chi connectivity index (χ0n) is 16.4. The second-order valence-corrected chi connectivity index (χ2v) is 9.82. The molecule has 1 aliphatic heterocycles. The fourth-order valence-electron chi connectivity index (χ4n) is 3.75. The Bertz CT molecular complexity index is 912. The molecule has 1 aliphatic carbocycles. The molecule has 0 unspecified atom stereocenters. The molecule has 0 radical (unpaired) electrons. The molecular weight excluding hydrogens is 408 g/mol. The molecule has 0 saturated carbocycles. The van der Waals surface area contributed by atoms with Gasteiger partial charge in [0.05, 0.1) is 23.5 Å². The van der Waals surface area contributed by atoms with Gasteiger partial charge in [-0.3, -0.25) is 4.79 Å². The number of nitrogens with zero attached hydrogens (tertiary/aromatic N) is 5. The number of anilines is 1. The number of fused-ring (bicyclic) bond motifs is 1. The summed E-state index contributed by atoms with van der Waals surface area (Å²) in [5, 5.41) is 25.4. The maximum Gasteiger partial charge on any atom is 0.238 e. The van der Waals surface area contributed by atoms with Crippen LogP contribution in [0, 0.1) is 11.3 Å². The average Bonchev–Trinajstić information content (AvgIpc) is 3.41. The van der Waals surface area contributed by atoms with Gasteiger partial charge in [0.2, 0.25) is 11.1 Å². The van der Waals surface area contributed by atoms with Crippen molar-refractivity contribution in [1.82, 2.24) is 20.2 Å². The van der Waals surface area contributed by atoms with Gasteiger partial charge in [0.25, 0.3) is 0 Å². The van der Waals surface area contributed by atoms with Crippen molar-refractivity contribution >= 4 is 34.0 Å². The second kappa shape index (κ2) is 9.24. The summed E-state index contributed by atoms with van der Waals surface area (Å²) in [6.45, 7) is 3.20. The predicted molar refractivity (Wildman–Crippen MR) is 111 cm³/mol. The van der Waals surface area contributed by atoms with Crippen molar-refractivity contribution < 1.29 is 9.53 Å². The number of tetrazole rings is 1. The summed E-state index contributed by atoms with van der Waals surface area (Å²) in [6.07, 6.45) is 7.54. The highest BCUT2D eigenvalue weighted by Crippen LogP contribution is 2.37. The summed E-state index contributed by atoms with van der Waals surface area (Å²) in [7, 11) is 0. The molecule has 1 fully saturated rings. The molecule has 2 aromatic heterocycles. The van der Waals surface area contributed by atoms with Crippen molar-refractivity contribution in [2.24, 2.45) is 0 Å². The van der Waals surface area contributed by atoms with Gasteiger partial charge < -0.3 is 10.1 Å². The number of hydrogen-bond donors (Lipinski definition) is 1. The Kier molecular flexibility index (Phi) is 6.47. The molecule has 29 heavy (non-hydrogen) atoms. The van der Waals surface area contributed by atoms with Crippen LogP contribution < -0.4 is 5.32 Å². The number of ether oxygens (including phenoxy) is 1. The van der Waals surface area contributed by atoms with Crippen LogP contribution >= 0.6 is 23.1 Å². The van der Waals surface area contributed by atoms with Crippen LogP contribution in [0.15, 0.2) is 5.16 Å². The molecule has 0 spiro atoms. The fraction of sp³-hybridized carbons (Fsp3) is 0.632. The summed E-state index contributed by atoms with van der Waals surface area (Å²) in [5.41, 5.74) is 1.77. The third-order valence-corrected chi connectivity index (χ3v) is 7.60. The normalized spacial score (nSPS) is 19.9. The molecule has 8 nitrogen and oxygen atoms in total. The third kappa shape index (κ3) is 4.63. The summed E-state index contributed by atoms with van der Waals surface area (Å²) in [4.78, 5) is 14.1. The van der Waals surface area contributed by atoms with E-state index in [4.69, 9.17) is 4.74 Å². The first-order valence-electron chi connectivity index (χ1n) is 10.1. The summed E-state index contributed by atoms with van der Waals surface area (Å²) in [5.74, 6) is -0.144. The molecule has 2 aromatic rings. The first-order chi connectivity index (χ1) is 14.2. The molecule has 2 aliphatic rings. The molecule has 0 aromatic carbocycles. The monoisotopic (exact) mass is 432 g/mol. The number of nitriles is 1. The van der Waals surface area contributed by atoms with Gasteiger partial charge in [0, 0.05) is 11.5 Å². The maximum absolute atomic E-state index is 12.8. The van der Waals surface area contributed by atoms with E-state index in [1.165, 1.54) is 23.1 Å². The first kappa shape index (κ1) is 20.3. The van der Waals surface area contributed by atoms with Crippen LogP contribution in [0.4, 0.5) is 5.00 Å². The van der Waals surface area contributed by atoms with Gasteiger partial charge in [0.1, 0.15) is 11.1 Å². The van der Waals surface area contributed by atoms with E-state index < -0.39 is 5.25 Å². The fourth-order valence-corrected chi connectivity index (χ4v) is 5.79. The standard InChI is InChI=1S/C19H24N6O2S2/c1-12(28-19-22-23-24-25(19)11-13-6-5-9-27-13)17(26)21-18-15(10-20)14-7-3-2-4-8-16(14)29-18/h12-13H,2-9,11H2,1H3,(H,21,26)/t12-,13+/m1/s1. The van der Waals surface area contributed by atoms with Crippen LogP contribution in [0.1, 0.15) is 55.0 Å². The molecule has 2 atom stereocenters. The zero-order chi connectivity index (χ0) is 20.2. The molecule has 10 heteroatoms. The van der Waals surface area contributed by atoms with E-state index in [1.54, 1.807) is 16.0 Å². The van der Waals surface area contributed by atoms with Crippen LogP contribution in [0.3, 0.4) is 0 Å². The summed E-state index contributed by atoms with van der Waals surface area (Å²) >= 11 is 2.87. The van der Waals surface area contributed by atoms with Crippen molar-refractivity contribution in [3.8, 4) is 6.07 Å². The Hall–Kier alpha value is -1.96. The number of rotatable bonds is 6. The lowest BCUT2D eigenvalue weighted by Crippen LogP contribution is -2.23. The number of aromatic nitrogens is 4. The van der Waals surface area contributed by atoms with Crippen molar-refractivity contribution in [2.45, 2.75) is 74.9 Å². The molecule has 4 rings (SSSR count). The van der Waals surface area contributed by atoms with Crippen molar-refractivity contribution in [3.05, 3.63) is 16.0 Å². The number of carbonyl (C=O) groups is 1. The Morgan fingerprint density at radius 1 is 1.41 bits per heavy atom. The lowest BCUT2D eigenvalue weighted by molar-refractivity contribution is -0.115. The number of hydrogen-bond acceptors (Lipinski definition) is 8. The summed E-state index contributed by atoms with van der Waals surface area (Å²) < 4.78 is 7.36. The van der Waals surface area contributed by atoms with Gasteiger partial charge in [-0.15, -0.1) is 16.4 Å². The number of carbonyl (C=O) groups excluding carboxylic acids is 1. The number of aryl methyl sites for hydroxylation is 1. The Morgan fingerprint density at radius 3 is 3.07 bits per heavy atom. The highest BCUT2D eigenvalue weighted by atomic mass is 32.2. The van der Waals surface area contributed by atoms with Crippen LogP contribution in [-0.4, -0.2) is 44.1 Å². The lowest BCUT2D eigenvalue weighted by Gasteiger charge is -2.13. The molecule has 1 saturated heterocycles. The van der Waals surface area contributed by atoms with Gasteiger partial charge in [0.15, 0.2) is 0 Å². The quantitative estimate of drug-likeness (QED) is 0.552. The lowest BCUT2D eigenvalue weighted by atomic mass is 10.1. The highest BCUT2D eigenvalue weighted by Gasteiger charge is 2.25. The number of thiophene rings is 1. The molecule has 1 N–H and O–H groups in total. The van der Waals surface area contributed by atoms with Crippen LogP contribution in [0.5, 0.6) is 0 Å². The first-order valence-corrected chi connectivity index (χ1v) is 11.7. The minimum Gasteiger partial charge on any atom is -0.376 e. The largest absolute Gasteiger partial charge is 0.376 e. The van der Waals surface area contributed by atoms with Gasteiger partial charge in [-0.05, 0) is 61.4 Å². The number of nitrogens with one attached hydrogen (secondary N) is 1. The van der Waals surface area contributed by atoms with E-state index in [-0.39, 0.29) is 12.0 Å². The Balaban J connectivity index is 1.42. The maximum atomic E-state index is 12.8. The average molecular weight is 433 g/mol. The molecular formula is C19H24N6O2S2. The van der Waals surface area contributed by atoms with Crippen LogP contribution in [0.25, 0.3) is 0 Å². The molecule has 1 amide bonds. The number of thioether (sulfide) groups is 1. The number of amides is 1. The van der Waals surface area contributed by atoms with Gasteiger partial charge >= 0.3 is 0 Å². The minimum atomic E-state index is -0.391. The van der Waals surface area contributed by atoms with E-state index >= 15 is 0 Å². The van der Waals surface area contributed by atoms with Crippen molar-refractivity contribution in [1.29, 1.82) is 5.26 Å². The van der Waals surface area contributed by atoms with E-state index in [0.717, 1.165) is 50.7 Å². The summed E-state index contributed by atoms with van der Waals surface area (Å²) in [6, 6.07) is 2.31. The topological polar surface area (TPSA) is 106 Å². The van der Waals surface area contributed by atoms with Gasteiger partial charge in [-0.25, -0.2) is 4.68 Å². The van der Waals surface area contributed by atoms with Gasteiger partial charge in [-0.1, -0.05) is 18.2 Å². The van der Waals surface area contributed by atoms with Crippen LogP contribution in [0.2, 0.25) is 0 Å². The third-order valence-electron chi connectivity index (χ3n) is 5.32. The van der Waals surface area contributed by atoms with E-state index in [2.05, 4.69) is 26.9 Å². The van der Waals surface area contributed by atoms with E-state index in [1.807, 2.05) is 6.92 Å². The predicted octanol–water partition coefficient (Wildman–Crippen LogP) is 3.17. The van der Waals surface area contributed by atoms with Crippen molar-refractivity contribution in [3.63, 3.8) is 0 Å². The van der Waals surface area contributed by atoms with Crippen molar-refractivity contribution in [2.75, 3.05) is 11.9 Å². The van der Waals surface area contributed by atoms with Crippen LogP contribution in [-0.2, 0) is 28.9 Å². The highest BCUT2D eigenvalue weighted by molar-refractivity contribution is 8.00. The zero-order valence-corrected chi connectivity index (χ0v) is 18.0. The second-order valence-electron chi connectivity index (χ2n) is 7.41. The SMILES string of the molecule is C[C@@H](Sc1nnnn1C[C@@H]1CCCO1)C(=O)Nc1sc2c(c1C#N)CCCCC2.